The molecule has 9 heteroatoms. The molecule has 0 radical (unpaired) electrons. The van der Waals surface area contributed by atoms with Crippen molar-refractivity contribution in [3.63, 3.8) is 0 Å². The monoisotopic (exact) mass is 509 g/mol. The molecule has 1 fully saturated rings. The molecule has 1 atom stereocenters. The molecule has 1 aliphatic rings. The molecule has 38 heavy (non-hydrogen) atoms. The van der Waals surface area contributed by atoms with E-state index in [1.165, 1.54) is 6.33 Å². The second-order valence-electron chi connectivity index (χ2n) is 9.41. The van der Waals surface area contributed by atoms with Gasteiger partial charge >= 0.3 is 0 Å². The molecule has 1 aromatic heterocycles. The summed E-state index contributed by atoms with van der Waals surface area (Å²) >= 11 is 0. The van der Waals surface area contributed by atoms with E-state index in [9.17, 15) is 10.1 Å². The van der Waals surface area contributed by atoms with E-state index in [0.717, 1.165) is 18.6 Å². The Morgan fingerprint density at radius 2 is 1.92 bits per heavy atom. The Labute approximate surface area is 222 Å². The maximum atomic E-state index is 13.0. The predicted molar refractivity (Wildman–Crippen MR) is 147 cm³/mol. The van der Waals surface area contributed by atoms with E-state index in [1.54, 1.807) is 35.2 Å². The summed E-state index contributed by atoms with van der Waals surface area (Å²) in [6.07, 6.45) is 4.70. The zero-order valence-electron chi connectivity index (χ0n) is 21.5. The first-order chi connectivity index (χ1) is 18.4. The number of nitrogens with two attached hydrogens (primary N) is 1. The second-order valence-corrected chi connectivity index (χ2v) is 9.41. The van der Waals surface area contributed by atoms with Crippen LogP contribution in [0.1, 0.15) is 37.8 Å². The van der Waals surface area contributed by atoms with Crippen LogP contribution in [0.2, 0.25) is 0 Å². The van der Waals surface area contributed by atoms with Crippen molar-refractivity contribution in [1.82, 2.24) is 14.9 Å². The third-order valence-corrected chi connectivity index (χ3v) is 6.24. The summed E-state index contributed by atoms with van der Waals surface area (Å²) in [6.45, 7) is 4.88. The van der Waals surface area contributed by atoms with E-state index in [-0.39, 0.29) is 35.0 Å². The lowest BCUT2D eigenvalue weighted by Crippen LogP contribution is -2.40. The van der Waals surface area contributed by atoms with Crippen molar-refractivity contribution in [2.75, 3.05) is 24.1 Å². The van der Waals surface area contributed by atoms with Crippen LogP contribution in [0.5, 0.6) is 11.5 Å². The maximum Gasteiger partial charge on any atom is 0.264 e. The topological polar surface area (TPSA) is 141 Å². The van der Waals surface area contributed by atoms with Crippen molar-refractivity contribution in [1.29, 1.82) is 10.7 Å². The summed E-state index contributed by atoms with van der Waals surface area (Å²) in [5.74, 6) is 1.83. The molecule has 1 amide bonds. The Bertz CT molecular complexity index is 1360. The van der Waals surface area contributed by atoms with Gasteiger partial charge in [0, 0.05) is 24.7 Å². The molecule has 2 aromatic carbocycles. The van der Waals surface area contributed by atoms with Gasteiger partial charge in [0.2, 0.25) is 0 Å². The first-order valence-corrected chi connectivity index (χ1v) is 12.6. The van der Waals surface area contributed by atoms with Gasteiger partial charge in [-0.3, -0.25) is 10.2 Å². The number of hydrogen-bond acceptors (Lipinski definition) is 8. The number of nitriles is 1. The summed E-state index contributed by atoms with van der Waals surface area (Å²) in [4.78, 5) is 23.2. The lowest BCUT2D eigenvalue weighted by Gasteiger charge is -2.25. The minimum absolute atomic E-state index is 0.101. The van der Waals surface area contributed by atoms with Gasteiger partial charge in [0.15, 0.2) is 0 Å². The molecule has 0 bridgehead atoms. The third kappa shape index (κ3) is 6.16. The van der Waals surface area contributed by atoms with Crippen LogP contribution >= 0.6 is 0 Å². The summed E-state index contributed by atoms with van der Waals surface area (Å²) in [5, 5.41) is 21.6. The van der Waals surface area contributed by atoms with Crippen molar-refractivity contribution < 1.29 is 9.53 Å². The van der Waals surface area contributed by atoms with Gasteiger partial charge in [-0.1, -0.05) is 38.1 Å². The Hall–Kier alpha value is -4.71. The number of ether oxygens (including phenoxy) is 1. The smallest absolute Gasteiger partial charge is 0.264 e. The van der Waals surface area contributed by atoms with Crippen molar-refractivity contribution in [3.8, 4) is 17.6 Å². The normalized spacial score (nSPS) is 15.3. The van der Waals surface area contributed by atoms with E-state index in [0.29, 0.717) is 35.8 Å². The number of hydrogen-bond donors (Lipinski definition) is 3. The van der Waals surface area contributed by atoms with Gasteiger partial charge < -0.3 is 20.7 Å². The number of likely N-dealkylation sites (tertiary alicyclic amines) is 1. The standard InChI is InChI=1S/C29H31N7O2/c1-19(2)15-21(16-30)29(37)36-14-6-7-22(36)17-33-28-25(27(32)34-18-35-28)26(31)20-10-12-24(13-11-20)38-23-8-4-3-5-9-23/h3-5,8-13,15,18-19,22,31H,6-7,14,17H2,1-2H3,(H3,32,33,34,35)/b21-15+,31-26?. The van der Waals surface area contributed by atoms with E-state index in [2.05, 4.69) is 15.3 Å². The van der Waals surface area contributed by atoms with Crippen LogP contribution in [0.25, 0.3) is 0 Å². The molecule has 4 rings (SSSR count). The first-order valence-electron chi connectivity index (χ1n) is 12.6. The van der Waals surface area contributed by atoms with Gasteiger partial charge in [-0.25, -0.2) is 9.97 Å². The second kappa shape index (κ2) is 12.0. The van der Waals surface area contributed by atoms with E-state index in [1.807, 2.05) is 50.2 Å². The number of carbonyl (C=O) groups is 1. The number of aromatic nitrogens is 2. The van der Waals surface area contributed by atoms with Gasteiger partial charge in [-0.05, 0) is 55.2 Å². The number of allylic oxidation sites excluding steroid dienone is 1. The van der Waals surface area contributed by atoms with Crippen LogP contribution in [-0.4, -0.2) is 45.6 Å². The van der Waals surface area contributed by atoms with Gasteiger partial charge in [0.1, 0.15) is 41.1 Å². The number of nitrogen functional groups attached to an aromatic ring is 1. The molecule has 2 heterocycles. The van der Waals surface area contributed by atoms with E-state index >= 15 is 0 Å². The average Bonchev–Trinajstić information content (AvgIpc) is 3.39. The zero-order chi connectivity index (χ0) is 27.1. The number of nitrogens with one attached hydrogen (secondary N) is 2. The van der Waals surface area contributed by atoms with Gasteiger partial charge in [0.25, 0.3) is 5.91 Å². The minimum Gasteiger partial charge on any atom is -0.457 e. The highest BCUT2D eigenvalue weighted by Crippen LogP contribution is 2.26. The molecule has 9 nitrogen and oxygen atoms in total. The molecule has 0 spiro atoms. The SMILES string of the molecule is CC(C)/C=C(\C#N)C(=O)N1CCCC1CNc1ncnc(N)c1C(=N)c1ccc(Oc2ccccc2)cc1. The van der Waals surface area contributed by atoms with Gasteiger partial charge in [-0.15, -0.1) is 0 Å². The lowest BCUT2D eigenvalue weighted by molar-refractivity contribution is -0.127. The fraction of sp³-hybridized carbons (Fsp3) is 0.276. The highest BCUT2D eigenvalue weighted by molar-refractivity contribution is 6.16. The summed E-state index contributed by atoms with van der Waals surface area (Å²) in [7, 11) is 0. The molecule has 194 valence electrons. The number of nitrogens with zero attached hydrogens (tertiary/aromatic N) is 4. The van der Waals surface area contributed by atoms with E-state index in [4.69, 9.17) is 15.9 Å². The van der Waals surface area contributed by atoms with Gasteiger partial charge in [0.05, 0.1) is 11.3 Å². The Morgan fingerprint density at radius 1 is 1.21 bits per heavy atom. The summed E-state index contributed by atoms with van der Waals surface area (Å²) in [5.41, 5.74) is 7.54. The van der Waals surface area contributed by atoms with Crippen LogP contribution in [0.4, 0.5) is 11.6 Å². The number of para-hydroxylation sites is 1. The molecular formula is C29H31N7O2. The third-order valence-electron chi connectivity index (χ3n) is 6.24. The van der Waals surface area contributed by atoms with E-state index < -0.39 is 0 Å². The van der Waals surface area contributed by atoms with Crippen LogP contribution in [0.15, 0.2) is 72.6 Å². The molecule has 1 saturated heterocycles. The fourth-order valence-corrected chi connectivity index (χ4v) is 4.41. The summed E-state index contributed by atoms with van der Waals surface area (Å²) < 4.78 is 5.85. The van der Waals surface area contributed by atoms with Crippen molar-refractivity contribution in [2.45, 2.75) is 32.7 Å². The minimum atomic E-state index is -0.251. The van der Waals surface area contributed by atoms with Crippen LogP contribution in [0, 0.1) is 22.7 Å². The highest BCUT2D eigenvalue weighted by Gasteiger charge is 2.31. The molecule has 0 saturated carbocycles. The number of carbonyl (C=O) groups excluding carboxylic acids is 1. The van der Waals surface area contributed by atoms with Crippen molar-refractivity contribution in [2.24, 2.45) is 5.92 Å². The van der Waals surface area contributed by atoms with Crippen LogP contribution < -0.4 is 15.8 Å². The van der Waals surface area contributed by atoms with Crippen LogP contribution in [-0.2, 0) is 4.79 Å². The number of benzene rings is 2. The molecule has 1 unspecified atom stereocenters. The lowest BCUT2D eigenvalue weighted by atomic mass is 10.0. The predicted octanol–water partition coefficient (Wildman–Crippen LogP) is 4.78. The quantitative estimate of drug-likeness (QED) is 0.214. The van der Waals surface area contributed by atoms with Crippen LogP contribution in [0.3, 0.4) is 0 Å². The number of rotatable bonds is 9. The largest absolute Gasteiger partial charge is 0.457 e. The van der Waals surface area contributed by atoms with Gasteiger partial charge in [-0.2, -0.15) is 5.26 Å². The Kier molecular flexibility index (Phi) is 8.34. The maximum absolute atomic E-state index is 13.0. The number of anilines is 2. The molecule has 0 aliphatic carbocycles. The number of amides is 1. The van der Waals surface area contributed by atoms with Crippen molar-refractivity contribution >= 4 is 23.3 Å². The van der Waals surface area contributed by atoms with Crippen molar-refractivity contribution in [3.05, 3.63) is 83.7 Å². The molecular weight excluding hydrogens is 478 g/mol. The molecule has 4 N–H and O–H groups in total. The Balaban J connectivity index is 1.48. The Morgan fingerprint density at radius 3 is 2.61 bits per heavy atom. The molecule has 3 aromatic rings. The first kappa shape index (κ1) is 26.4. The summed E-state index contributed by atoms with van der Waals surface area (Å²) in [6, 6.07) is 18.6. The molecule has 1 aliphatic heterocycles. The average molecular weight is 510 g/mol. The zero-order valence-corrected chi connectivity index (χ0v) is 21.5. The highest BCUT2D eigenvalue weighted by atomic mass is 16.5. The fourth-order valence-electron chi connectivity index (χ4n) is 4.41.